The minimum absolute atomic E-state index is 0.262. The summed E-state index contributed by atoms with van der Waals surface area (Å²) in [5.41, 5.74) is 1.36. The van der Waals surface area contributed by atoms with E-state index >= 15 is 0 Å². The van der Waals surface area contributed by atoms with Crippen molar-refractivity contribution in [1.29, 1.82) is 0 Å². The topological polar surface area (TPSA) is 40.6 Å². The van der Waals surface area contributed by atoms with Gasteiger partial charge in [0.1, 0.15) is 0 Å². The lowest BCUT2D eigenvalue weighted by Gasteiger charge is -2.34. The van der Waals surface area contributed by atoms with E-state index in [1.807, 2.05) is 30.4 Å². The Labute approximate surface area is 300 Å². The van der Waals surface area contributed by atoms with Crippen LogP contribution in [-0.2, 0) is 13.3 Å². The molecule has 2 rings (SSSR count). The van der Waals surface area contributed by atoms with Gasteiger partial charge in [-0.15, -0.1) is 11.3 Å². The van der Waals surface area contributed by atoms with Gasteiger partial charge in [0.05, 0.1) is 10.2 Å². The van der Waals surface area contributed by atoms with E-state index in [0.717, 1.165) is 54.7 Å². The van der Waals surface area contributed by atoms with Gasteiger partial charge in [-0.2, -0.15) is 0 Å². The maximum absolute atomic E-state index is 6.80. The zero-order valence-corrected chi connectivity index (χ0v) is 34.5. The zero-order chi connectivity index (χ0) is 32.3. The zero-order valence-electron chi connectivity index (χ0n) is 28.6. The second-order valence-electron chi connectivity index (χ2n) is 11.9. The number of unbranched alkanes of at least 4 members (excludes halogenated alkanes) is 15. The minimum Gasteiger partial charge on any atom is -0.373 e. The summed E-state index contributed by atoms with van der Waals surface area (Å²) >= 11 is 1.77. The van der Waals surface area contributed by atoms with E-state index in [4.69, 9.17) is 18.3 Å². The molecule has 4 nitrogen and oxygen atoms in total. The van der Waals surface area contributed by atoms with Crippen molar-refractivity contribution in [1.82, 2.24) is 4.98 Å². The van der Waals surface area contributed by atoms with Crippen molar-refractivity contribution in [3.8, 4) is 0 Å². The van der Waals surface area contributed by atoms with E-state index in [2.05, 4.69) is 52.0 Å². The van der Waals surface area contributed by atoms with E-state index in [1.54, 1.807) is 32.0 Å². The van der Waals surface area contributed by atoms with Crippen molar-refractivity contribution in [3.05, 3.63) is 24.3 Å². The monoisotopic (exact) mass is 751 g/mol. The molecule has 0 bridgehead atoms. The molecule has 0 fully saturated rings. The molecule has 0 aliphatic rings. The van der Waals surface area contributed by atoms with Crippen LogP contribution in [0, 0.1) is 0 Å². The molecule has 1 atom stereocenters. The van der Waals surface area contributed by atoms with Crippen molar-refractivity contribution in [2.24, 2.45) is 0 Å². The van der Waals surface area contributed by atoms with E-state index in [0.29, 0.717) is 0 Å². The second-order valence-corrected chi connectivity index (χ2v) is 23.9. The number of benzene rings is 1. The van der Waals surface area contributed by atoms with Crippen LogP contribution in [0.25, 0.3) is 10.2 Å². The average Bonchev–Trinajstić information content (AvgIpc) is 3.47. The van der Waals surface area contributed by atoms with Gasteiger partial charge >= 0.3 is 8.80 Å². The number of fused-ring (bicyclic) bond motifs is 1. The molecule has 2 aromatic rings. The third-order valence-corrected chi connectivity index (χ3v) is 21.3. The van der Waals surface area contributed by atoms with Crippen LogP contribution in [-0.4, -0.2) is 39.4 Å². The van der Waals surface area contributed by atoms with Gasteiger partial charge in [0, 0.05) is 31.1 Å². The first-order valence-electron chi connectivity index (χ1n) is 17.7. The normalized spacial score (nSPS) is 12.8. The molecule has 260 valence electrons. The first-order chi connectivity index (χ1) is 22.1. The lowest BCUT2D eigenvalue weighted by Crippen LogP contribution is -2.51. The molecule has 45 heavy (non-hydrogen) atoms. The predicted octanol–water partition coefficient (Wildman–Crippen LogP) is 14.4. The second kappa shape index (κ2) is 28.8. The Morgan fingerprint density at radius 2 is 1.13 bits per heavy atom. The molecule has 1 aromatic heterocycles. The molecule has 11 heteroatoms. The third-order valence-electron chi connectivity index (χ3n) is 7.81. The van der Waals surface area contributed by atoms with E-state index in [1.165, 1.54) is 101 Å². The lowest BCUT2D eigenvalue weighted by atomic mass is 10.1. The molecule has 0 aliphatic carbocycles. The highest BCUT2D eigenvalue weighted by Gasteiger charge is 2.47. The molecule has 1 heterocycles. The molecule has 0 spiro atoms. The van der Waals surface area contributed by atoms with Gasteiger partial charge in [-0.3, -0.25) is 0 Å². The summed E-state index contributed by atoms with van der Waals surface area (Å²) in [6.07, 6.45) is 22.8. The number of nitrogens with zero attached hydrogens (tertiary/aromatic N) is 1. The molecule has 0 aliphatic heterocycles. The van der Waals surface area contributed by atoms with E-state index in [9.17, 15) is 0 Å². The predicted molar refractivity (Wildman–Crippen MR) is 214 cm³/mol. The maximum atomic E-state index is 6.80. The van der Waals surface area contributed by atoms with Crippen LogP contribution in [0.2, 0.25) is 5.54 Å². The van der Waals surface area contributed by atoms with Crippen LogP contribution in [0.1, 0.15) is 143 Å². The third kappa shape index (κ3) is 19.7. The Kier molecular flexibility index (Phi) is 26.9. The lowest BCUT2D eigenvalue weighted by molar-refractivity contribution is 0.0490. The summed E-state index contributed by atoms with van der Waals surface area (Å²) in [6, 6.07) is 8.38. The van der Waals surface area contributed by atoms with Crippen LogP contribution < -0.4 is 0 Å². The fourth-order valence-corrected chi connectivity index (χ4v) is 19.0. The van der Waals surface area contributed by atoms with Crippen molar-refractivity contribution >= 4 is 81.4 Å². The number of rotatable bonds is 32. The summed E-state index contributed by atoms with van der Waals surface area (Å²) in [5, 5.41) is 0. The summed E-state index contributed by atoms with van der Waals surface area (Å²) in [6.45, 7) is 11.4. The van der Waals surface area contributed by atoms with Crippen LogP contribution in [0.5, 0.6) is 0 Å². The molecule has 0 amide bonds. The van der Waals surface area contributed by atoms with Crippen LogP contribution in [0.15, 0.2) is 28.6 Å². The summed E-state index contributed by atoms with van der Waals surface area (Å²) in [4.78, 5) is 4.75. The Balaban J connectivity index is 1.89. The molecule has 0 radical (unpaired) electrons. The minimum atomic E-state index is -2.83. The smallest absolute Gasteiger partial charge is 0.373 e. The average molecular weight is 752 g/mol. The SMILES string of the molecule is CCCCCCCCO[Si](OCCCCCCCC)(OCCCCCCCC)C(C)CSSSSSc1nc2ccccc2s1. The molecular formula is C34H61NO3S6Si. The molecule has 0 saturated carbocycles. The Morgan fingerprint density at radius 1 is 0.644 bits per heavy atom. The van der Waals surface area contributed by atoms with Gasteiger partial charge in [-0.05, 0) is 71.7 Å². The first kappa shape index (κ1) is 42.1. The van der Waals surface area contributed by atoms with Crippen molar-refractivity contribution in [2.45, 2.75) is 153 Å². The Bertz CT molecular complexity index is 877. The van der Waals surface area contributed by atoms with Gasteiger partial charge in [0.25, 0.3) is 0 Å². The number of thiazole rings is 1. The standard InChI is InChI=1S/C34H61NO3S6Si/c1-5-8-11-14-17-22-27-36-45(37-28-23-18-15-12-9-6-2,38-29-24-19-16-13-10-7-3)31(4)30-39-42-44-43-41-34-35-32-25-20-21-26-33(32)40-34/h20-21,25-26,31H,5-19,22-24,27-30H2,1-4H3. The van der Waals surface area contributed by atoms with Gasteiger partial charge in [0.15, 0.2) is 4.34 Å². The number of hydrogen-bond acceptors (Lipinski definition) is 10. The van der Waals surface area contributed by atoms with E-state index in [-0.39, 0.29) is 5.54 Å². The van der Waals surface area contributed by atoms with Crippen molar-refractivity contribution in [2.75, 3.05) is 25.6 Å². The number of para-hydroxylation sites is 1. The fourth-order valence-electron chi connectivity index (χ4n) is 5.03. The van der Waals surface area contributed by atoms with Gasteiger partial charge in [0.2, 0.25) is 0 Å². The van der Waals surface area contributed by atoms with E-state index < -0.39 is 8.80 Å². The highest BCUT2D eigenvalue weighted by atomic mass is 33.8. The van der Waals surface area contributed by atoms with Crippen LogP contribution in [0.3, 0.4) is 0 Å². The molecular weight excluding hydrogens is 691 g/mol. The number of hydrogen-bond donors (Lipinski definition) is 0. The Morgan fingerprint density at radius 3 is 1.64 bits per heavy atom. The first-order valence-corrected chi connectivity index (χ1v) is 26.7. The van der Waals surface area contributed by atoms with Crippen LogP contribution in [0.4, 0.5) is 0 Å². The Hall–Kier alpha value is 0.957. The molecule has 0 N–H and O–H groups in total. The quantitative estimate of drug-likeness (QED) is 0.0413. The van der Waals surface area contributed by atoms with Crippen molar-refractivity contribution < 1.29 is 13.3 Å². The van der Waals surface area contributed by atoms with Crippen LogP contribution >= 0.6 is 62.4 Å². The van der Waals surface area contributed by atoms with Gasteiger partial charge in [-0.1, -0.05) is 147 Å². The van der Waals surface area contributed by atoms with Crippen molar-refractivity contribution in [3.63, 3.8) is 0 Å². The molecule has 1 aromatic carbocycles. The highest BCUT2D eigenvalue weighted by molar-refractivity contribution is 9.35. The molecule has 1 unspecified atom stereocenters. The fraction of sp³-hybridized carbons (Fsp3) is 0.794. The van der Waals surface area contributed by atoms with Gasteiger partial charge in [-0.25, -0.2) is 4.98 Å². The maximum Gasteiger partial charge on any atom is 0.504 e. The molecule has 0 saturated heterocycles. The number of aromatic nitrogens is 1. The highest BCUT2D eigenvalue weighted by Crippen LogP contribution is 2.52. The largest absolute Gasteiger partial charge is 0.504 e. The summed E-state index contributed by atoms with van der Waals surface area (Å²) < 4.78 is 22.8. The summed E-state index contributed by atoms with van der Waals surface area (Å²) in [5.74, 6) is 0.972. The van der Waals surface area contributed by atoms with Gasteiger partial charge < -0.3 is 13.3 Å². The summed E-state index contributed by atoms with van der Waals surface area (Å²) in [7, 11) is 6.31.